The Bertz CT molecular complexity index is 931. The normalized spacial score (nSPS) is 15.4. The van der Waals surface area contributed by atoms with Gasteiger partial charge in [0.1, 0.15) is 23.2 Å². The summed E-state index contributed by atoms with van der Waals surface area (Å²) in [6.45, 7) is 0.0184. The predicted molar refractivity (Wildman–Crippen MR) is 112 cm³/mol. The Morgan fingerprint density at radius 3 is 2.67 bits per heavy atom. The fourth-order valence-corrected chi connectivity index (χ4v) is 4.15. The van der Waals surface area contributed by atoms with E-state index < -0.39 is 18.4 Å². The van der Waals surface area contributed by atoms with Crippen molar-refractivity contribution < 1.29 is 19.4 Å². The first-order chi connectivity index (χ1) is 12.9. The highest BCUT2D eigenvalue weighted by atomic mass is 79.9. The van der Waals surface area contributed by atoms with Gasteiger partial charge in [0, 0.05) is 0 Å². The second-order valence-electron chi connectivity index (χ2n) is 5.63. The van der Waals surface area contributed by atoms with Crippen LogP contribution in [0.4, 0.5) is 0 Å². The number of carboxylic acids is 1. The number of thiocarbonyl (C=S) groups is 1. The zero-order valence-corrected chi connectivity index (χ0v) is 17.1. The number of carbonyl (C=O) groups is 2. The van der Waals surface area contributed by atoms with Crippen molar-refractivity contribution in [3.8, 4) is 5.75 Å². The lowest BCUT2D eigenvalue weighted by Gasteiger charge is -2.10. The lowest BCUT2D eigenvalue weighted by Crippen LogP contribution is -2.33. The molecule has 27 heavy (non-hydrogen) atoms. The monoisotopic (exact) mass is 463 g/mol. The second kappa shape index (κ2) is 8.69. The second-order valence-corrected chi connectivity index (χ2v) is 8.16. The smallest absolute Gasteiger partial charge is 0.323 e. The summed E-state index contributed by atoms with van der Waals surface area (Å²) in [5.41, 5.74) is 1.85. The number of ether oxygens (including phenoxy) is 1. The Morgan fingerprint density at radius 2 is 2.00 bits per heavy atom. The van der Waals surface area contributed by atoms with E-state index in [1.807, 2.05) is 48.5 Å². The van der Waals surface area contributed by atoms with Gasteiger partial charge in [0.25, 0.3) is 5.91 Å². The highest BCUT2D eigenvalue weighted by Crippen LogP contribution is 2.34. The third-order valence-electron chi connectivity index (χ3n) is 3.66. The van der Waals surface area contributed by atoms with E-state index in [4.69, 9.17) is 22.1 Å². The van der Waals surface area contributed by atoms with Gasteiger partial charge in [-0.05, 0) is 45.3 Å². The van der Waals surface area contributed by atoms with E-state index in [9.17, 15) is 9.59 Å². The van der Waals surface area contributed by atoms with Crippen LogP contribution in [0.5, 0.6) is 5.75 Å². The molecule has 2 aromatic carbocycles. The van der Waals surface area contributed by atoms with Gasteiger partial charge in [-0.25, -0.2) is 0 Å². The molecule has 0 radical (unpaired) electrons. The fourth-order valence-electron chi connectivity index (χ4n) is 2.38. The third-order valence-corrected chi connectivity index (χ3v) is 5.66. The number of hydrogen-bond donors (Lipinski definition) is 1. The molecule has 0 unspecified atom stereocenters. The Labute approximate surface area is 174 Å². The number of aliphatic carboxylic acids is 1. The molecule has 3 rings (SSSR count). The van der Waals surface area contributed by atoms with Crippen LogP contribution in [0.2, 0.25) is 0 Å². The minimum absolute atomic E-state index is 0.246. The van der Waals surface area contributed by atoms with Crippen LogP contribution in [0, 0.1) is 0 Å². The number of rotatable bonds is 6. The summed E-state index contributed by atoms with van der Waals surface area (Å²) >= 11 is 9.67. The molecule has 1 aliphatic heterocycles. The van der Waals surface area contributed by atoms with Gasteiger partial charge in [0.15, 0.2) is 0 Å². The van der Waals surface area contributed by atoms with E-state index in [1.54, 1.807) is 6.08 Å². The van der Waals surface area contributed by atoms with Crippen LogP contribution in [0.3, 0.4) is 0 Å². The molecular formula is C19H14BrNO4S2. The molecule has 1 fully saturated rings. The zero-order chi connectivity index (χ0) is 19.4. The fraction of sp³-hybridized carbons (Fsp3) is 0.105. The molecule has 2 aromatic rings. The number of nitrogens with zero attached hydrogens (tertiary/aromatic N) is 1. The molecule has 0 bridgehead atoms. The number of hydrogen-bond acceptors (Lipinski definition) is 5. The van der Waals surface area contributed by atoms with Gasteiger partial charge < -0.3 is 9.84 Å². The molecular weight excluding hydrogens is 450 g/mol. The maximum atomic E-state index is 12.3. The van der Waals surface area contributed by atoms with E-state index in [1.165, 1.54) is 0 Å². The molecule has 0 saturated carbocycles. The van der Waals surface area contributed by atoms with Crippen molar-refractivity contribution in [2.45, 2.75) is 6.61 Å². The SMILES string of the molecule is O=C(O)CN1C(=O)/C(=C/c2ccc(OCc3ccccc3)c(Br)c2)SC1=S. The average Bonchev–Trinajstić information content (AvgIpc) is 2.89. The van der Waals surface area contributed by atoms with Crippen molar-refractivity contribution in [2.24, 2.45) is 0 Å². The number of benzene rings is 2. The van der Waals surface area contributed by atoms with Crippen LogP contribution in [0.1, 0.15) is 11.1 Å². The van der Waals surface area contributed by atoms with E-state index in [0.29, 0.717) is 17.3 Å². The Morgan fingerprint density at radius 1 is 1.26 bits per heavy atom. The van der Waals surface area contributed by atoms with Crippen LogP contribution >= 0.6 is 39.9 Å². The van der Waals surface area contributed by atoms with E-state index in [-0.39, 0.29) is 4.32 Å². The number of amides is 1. The molecule has 0 atom stereocenters. The molecule has 1 heterocycles. The van der Waals surface area contributed by atoms with Crippen molar-refractivity contribution in [2.75, 3.05) is 6.54 Å². The summed E-state index contributed by atoms with van der Waals surface area (Å²) < 4.78 is 6.82. The molecule has 1 N–H and O–H groups in total. The van der Waals surface area contributed by atoms with Crippen LogP contribution in [0.25, 0.3) is 6.08 Å². The van der Waals surface area contributed by atoms with Gasteiger partial charge in [0.2, 0.25) is 0 Å². The van der Waals surface area contributed by atoms with Crippen LogP contribution < -0.4 is 4.74 Å². The van der Waals surface area contributed by atoms with Gasteiger partial charge in [-0.3, -0.25) is 14.5 Å². The van der Waals surface area contributed by atoms with E-state index >= 15 is 0 Å². The Kier molecular flexibility index (Phi) is 6.30. The molecule has 138 valence electrons. The summed E-state index contributed by atoms with van der Waals surface area (Å²) in [6.07, 6.45) is 1.69. The standard InChI is InChI=1S/C19H14BrNO4S2/c20-14-8-13(6-7-15(14)25-11-12-4-2-1-3-5-12)9-16-18(24)21(10-17(22)23)19(26)27-16/h1-9H,10-11H2,(H,22,23)/b16-9-. The first kappa shape index (κ1) is 19.6. The van der Waals surface area contributed by atoms with Crippen LogP contribution in [-0.4, -0.2) is 32.7 Å². The average molecular weight is 464 g/mol. The molecule has 1 amide bonds. The van der Waals surface area contributed by atoms with Crippen molar-refractivity contribution in [1.29, 1.82) is 0 Å². The van der Waals surface area contributed by atoms with E-state index in [0.717, 1.165) is 32.3 Å². The van der Waals surface area contributed by atoms with Crippen molar-refractivity contribution in [3.05, 3.63) is 69.0 Å². The summed E-state index contributed by atoms with van der Waals surface area (Å²) in [5, 5.41) is 8.88. The first-order valence-corrected chi connectivity index (χ1v) is 9.89. The lowest BCUT2D eigenvalue weighted by atomic mass is 10.2. The topological polar surface area (TPSA) is 66.8 Å². The highest BCUT2D eigenvalue weighted by molar-refractivity contribution is 9.10. The lowest BCUT2D eigenvalue weighted by molar-refractivity contribution is -0.140. The summed E-state index contributed by atoms with van der Waals surface area (Å²) in [4.78, 5) is 24.7. The number of carbonyl (C=O) groups excluding carboxylic acids is 1. The summed E-state index contributed by atoms with van der Waals surface area (Å²) in [6, 6.07) is 15.3. The van der Waals surface area contributed by atoms with Gasteiger partial charge in [-0.1, -0.05) is 60.4 Å². The number of thioether (sulfide) groups is 1. The van der Waals surface area contributed by atoms with Gasteiger partial charge in [-0.15, -0.1) is 0 Å². The van der Waals surface area contributed by atoms with Crippen molar-refractivity contribution in [1.82, 2.24) is 4.90 Å². The van der Waals surface area contributed by atoms with Crippen LogP contribution in [-0.2, 0) is 16.2 Å². The molecule has 5 nitrogen and oxygen atoms in total. The molecule has 1 saturated heterocycles. The van der Waals surface area contributed by atoms with Crippen molar-refractivity contribution >= 4 is 62.2 Å². The minimum atomic E-state index is -1.10. The van der Waals surface area contributed by atoms with Gasteiger partial charge >= 0.3 is 5.97 Å². The third kappa shape index (κ3) is 4.97. The summed E-state index contributed by atoms with van der Waals surface area (Å²) in [5.74, 6) is -0.808. The molecule has 8 heteroatoms. The molecule has 0 aromatic heterocycles. The molecule has 1 aliphatic rings. The molecule has 0 spiro atoms. The predicted octanol–water partition coefficient (Wildman–Crippen LogP) is 4.31. The maximum absolute atomic E-state index is 12.3. The van der Waals surface area contributed by atoms with Gasteiger partial charge in [0.05, 0.1) is 9.38 Å². The quantitative estimate of drug-likeness (QED) is 0.508. The Hall–Kier alpha value is -2.16. The van der Waals surface area contributed by atoms with Crippen LogP contribution in [0.15, 0.2) is 57.9 Å². The Balaban J connectivity index is 1.72. The van der Waals surface area contributed by atoms with Crippen molar-refractivity contribution in [3.63, 3.8) is 0 Å². The first-order valence-electron chi connectivity index (χ1n) is 7.87. The zero-order valence-electron chi connectivity index (χ0n) is 13.9. The highest BCUT2D eigenvalue weighted by Gasteiger charge is 2.33. The van der Waals surface area contributed by atoms with Gasteiger partial charge in [-0.2, -0.15) is 0 Å². The maximum Gasteiger partial charge on any atom is 0.323 e. The number of carboxylic acid groups (broad SMARTS) is 1. The molecule has 0 aliphatic carbocycles. The van der Waals surface area contributed by atoms with E-state index in [2.05, 4.69) is 15.9 Å². The largest absolute Gasteiger partial charge is 0.488 e. The minimum Gasteiger partial charge on any atom is -0.488 e. The number of halogens is 1. The summed E-state index contributed by atoms with van der Waals surface area (Å²) in [7, 11) is 0.